The highest BCUT2D eigenvalue weighted by Crippen LogP contribution is 2.15. The molecule has 5 heteroatoms. The van der Waals surface area contributed by atoms with E-state index >= 15 is 0 Å². The summed E-state index contributed by atoms with van der Waals surface area (Å²) in [7, 11) is -2.88. The Kier molecular flexibility index (Phi) is 6.02. The zero-order valence-corrected chi connectivity index (χ0v) is 11.9. The van der Waals surface area contributed by atoms with Crippen LogP contribution in [0.1, 0.15) is 6.92 Å². The van der Waals surface area contributed by atoms with Crippen LogP contribution in [0.3, 0.4) is 0 Å². The highest BCUT2D eigenvalue weighted by Gasteiger charge is 2.09. The number of nitrogens with one attached hydrogen (secondary N) is 1. The summed E-state index contributed by atoms with van der Waals surface area (Å²) < 4.78 is 22.1. The summed E-state index contributed by atoms with van der Waals surface area (Å²) in [5, 5.41) is 3.21. The minimum absolute atomic E-state index is 0.0152. The summed E-state index contributed by atoms with van der Waals surface area (Å²) in [6.45, 7) is 2.71. The topological polar surface area (TPSA) is 46.2 Å². The SMILES string of the molecule is CC(CS(C)(=O)=O)NCCSc1ccccc1. The van der Waals surface area contributed by atoms with Gasteiger partial charge >= 0.3 is 0 Å². The molecule has 0 heterocycles. The summed E-state index contributed by atoms with van der Waals surface area (Å²) >= 11 is 1.77. The summed E-state index contributed by atoms with van der Waals surface area (Å²) in [6.07, 6.45) is 1.27. The van der Waals surface area contributed by atoms with Crippen molar-refractivity contribution in [1.82, 2.24) is 5.32 Å². The molecule has 0 aliphatic rings. The van der Waals surface area contributed by atoms with E-state index in [-0.39, 0.29) is 11.8 Å². The zero-order chi connectivity index (χ0) is 12.7. The van der Waals surface area contributed by atoms with Gasteiger partial charge in [-0.15, -0.1) is 11.8 Å². The maximum Gasteiger partial charge on any atom is 0.148 e. The molecule has 96 valence electrons. The van der Waals surface area contributed by atoms with Crippen molar-refractivity contribution in [2.45, 2.75) is 17.9 Å². The molecule has 0 amide bonds. The van der Waals surface area contributed by atoms with Crippen LogP contribution in [0.15, 0.2) is 35.2 Å². The molecule has 0 radical (unpaired) electrons. The minimum Gasteiger partial charge on any atom is -0.312 e. The number of hydrogen-bond acceptors (Lipinski definition) is 4. The van der Waals surface area contributed by atoms with Crippen molar-refractivity contribution in [3.63, 3.8) is 0 Å². The van der Waals surface area contributed by atoms with E-state index in [2.05, 4.69) is 17.4 Å². The van der Waals surface area contributed by atoms with Gasteiger partial charge in [-0.05, 0) is 19.1 Å². The van der Waals surface area contributed by atoms with Crippen molar-refractivity contribution in [3.05, 3.63) is 30.3 Å². The van der Waals surface area contributed by atoms with Gasteiger partial charge in [0.1, 0.15) is 9.84 Å². The molecule has 0 aliphatic heterocycles. The summed E-state index contributed by atoms with van der Waals surface area (Å²) in [6, 6.07) is 10.2. The van der Waals surface area contributed by atoms with Crippen LogP contribution >= 0.6 is 11.8 Å². The molecule has 0 aliphatic carbocycles. The van der Waals surface area contributed by atoms with Crippen LogP contribution in [0, 0.1) is 0 Å². The highest BCUT2D eigenvalue weighted by molar-refractivity contribution is 7.99. The smallest absolute Gasteiger partial charge is 0.148 e. The summed E-state index contributed by atoms with van der Waals surface area (Å²) in [5.41, 5.74) is 0. The van der Waals surface area contributed by atoms with Crippen LogP contribution in [-0.2, 0) is 9.84 Å². The third-order valence-electron chi connectivity index (χ3n) is 2.16. The second-order valence-electron chi connectivity index (χ2n) is 4.11. The quantitative estimate of drug-likeness (QED) is 0.608. The maximum atomic E-state index is 11.1. The maximum absolute atomic E-state index is 11.1. The van der Waals surface area contributed by atoms with Crippen molar-refractivity contribution >= 4 is 21.6 Å². The molecule has 1 rings (SSSR count). The van der Waals surface area contributed by atoms with E-state index in [4.69, 9.17) is 0 Å². The largest absolute Gasteiger partial charge is 0.312 e. The standard InChI is InChI=1S/C12H19NO2S2/c1-11(10-17(2,14)15)13-8-9-16-12-6-4-3-5-7-12/h3-7,11,13H,8-10H2,1-2H3. The van der Waals surface area contributed by atoms with Crippen LogP contribution in [-0.4, -0.2) is 38.8 Å². The number of sulfone groups is 1. The number of hydrogen-bond donors (Lipinski definition) is 1. The zero-order valence-electron chi connectivity index (χ0n) is 10.2. The van der Waals surface area contributed by atoms with Gasteiger partial charge in [-0.25, -0.2) is 8.42 Å². The Morgan fingerprint density at radius 1 is 1.29 bits per heavy atom. The Balaban J connectivity index is 2.16. The molecule has 0 aromatic heterocycles. The first kappa shape index (κ1) is 14.5. The lowest BCUT2D eigenvalue weighted by atomic mass is 10.4. The van der Waals surface area contributed by atoms with Crippen molar-refractivity contribution in [3.8, 4) is 0 Å². The van der Waals surface area contributed by atoms with Crippen LogP contribution in [0.2, 0.25) is 0 Å². The van der Waals surface area contributed by atoms with Crippen molar-refractivity contribution < 1.29 is 8.42 Å². The fourth-order valence-electron chi connectivity index (χ4n) is 1.50. The first-order valence-corrected chi connectivity index (χ1v) is 8.61. The van der Waals surface area contributed by atoms with E-state index in [9.17, 15) is 8.42 Å². The van der Waals surface area contributed by atoms with E-state index in [1.807, 2.05) is 25.1 Å². The molecule has 0 bridgehead atoms. The Labute approximate surface area is 108 Å². The van der Waals surface area contributed by atoms with Gasteiger partial charge in [-0.2, -0.15) is 0 Å². The molecular formula is C12H19NO2S2. The molecule has 1 unspecified atom stereocenters. The normalized spacial score (nSPS) is 13.5. The number of benzene rings is 1. The summed E-state index contributed by atoms with van der Waals surface area (Å²) in [5.74, 6) is 1.14. The van der Waals surface area contributed by atoms with E-state index in [0.29, 0.717) is 0 Å². The van der Waals surface area contributed by atoms with E-state index < -0.39 is 9.84 Å². The fraction of sp³-hybridized carbons (Fsp3) is 0.500. The van der Waals surface area contributed by atoms with Crippen LogP contribution in [0.4, 0.5) is 0 Å². The van der Waals surface area contributed by atoms with Crippen molar-refractivity contribution in [2.75, 3.05) is 24.3 Å². The second kappa shape index (κ2) is 7.03. The molecule has 0 saturated heterocycles. The molecule has 0 fully saturated rings. The molecule has 1 atom stereocenters. The van der Waals surface area contributed by atoms with Crippen molar-refractivity contribution in [2.24, 2.45) is 0 Å². The van der Waals surface area contributed by atoms with Crippen LogP contribution in [0.25, 0.3) is 0 Å². The Bertz CT molecular complexity index is 417. The van der Waals surface area contributed by atoms with Crippen molar-refractivity contribution in [1.29, 1.82) is 0 Å². The molecule has 17 heavy (non-hydrogen) atoms. The third kappa shape index (κ3) is 7.41. The fourth-order valence-corrected chi connectivity index (χ4v) is 3.34. The first-order chi connectivity index (χ1) is 7.97. The molecular weight excluding hydrogens is 254 g/mol. The molecule has 3 nitrogen and oxygen atoms in total. The van der Waals surface area contributed by atoms with Gasteiger partial charge < -0.3 is 5.32 Å². The highest BCUT2D eigenvalue weighted by atomic mass is 32.2. The molecule has 1 aromatic rings. The molecule has 1 N–H and O–H groups in total. The van der Waals surface area contributed by atoms with Gasteiger partial charge in [-0.1, -0.05) is 18.2 Å². The van der Waals surface area contributed by atoms with Gasteiger partial charge in [0.25, 0.3) is 0 Å². The molecule has 0 spiro atoms. The van der Waals surface area contributed by atoms with E-state index in [1.54, 1.807) is 11.8 Å². The van der Waals surface area contributed by atoms with Gasteiger partial charge in [-0.3, -0.25) is 0 Å². The molecule has 0 saturated carbocycles. The Hall–Kier alpha value is -0.520. The first-order valence-electron chi connectivity index (χ1n) is 5.56. The predicted octanol–water partition coefficient (Wildman–Crippen LogP) is 1.80. The Morgan fingerprint density at radius 3 is 2.53 bits per heavy atom. The van der Waals surface area contributed by atoms with Gasteiger partial charge in [0.2, 0.25) is 0 Å². The van der Waals surface area contributed by atoms with E-state index in [1.165, 1.54) is 11.2 Å². The lowest BCUT2D eigenvalue weighted by molar-refractivity contribution is 0.572. The average molecular weight is 273 g/mol. The van der Waals surface area contributed by atoms with Gasteiger partial charge in [0.15, 0.2) is 0 Å². The Morgan fingerprint density at radius 2 is 1.94 bits per heavy atom. The lowest BCUT2D eigenvalue weighted by Gasteiger charge is -2.12. The third-order valence-corrected chi connectivity index (χ3v) is 4.28. The van der Waals surface area contributed by atoms with E-state index in [0.717, 1.165) is 12.3 Å². The van der Waals surface area contributed by atoms with Crippen LogP contribution in [0.5, 0.6) is 0 Å². The van der Waals surface area contributed by atoms with Crippen LogP contribution < -0.4 is 5.32 Å². The lowest BCUT2D eigenvalue weighted by Crippen LogP contribution is -2.34. The number of rotatable bonds is 7. The minimum atomic E-state index is -2.88. The number of thioether (sulfide) groups is 1. The average Bonchev–Trinajstić information content (AvgIpc) is 2.23. The van der Waals surface area contributed by atoms with Gasteiger partial charge in [0, 0.05) is 29.5 Å². The molecule has 1 aromatic carbocycles. The summed E-state index contributed by atoms with van der Waals surface area (Å²) in [4.78, 5) is 1.24. The second-order valence-corrected chi connectivity index (χ2v) is 7.46. The van der Waals surface area contributed by atoms with Gasteiger partial charge in [0.05, 0.1) is 5.75 Å². The monoisotopic (exact) mass is 273 g/mol. The predicted molar refractivity (Wildman–Crippen MR) is 74.3 cm³/mol.